The first-order valence-electron chi connectivity index (χ1n) is 8.31. The van der Waals surface area contributed by atoms with Crippen molar-refractivity contribution in [2.24, 2.45) is 0 Å². The molecular weight excluding hydrogens is 320 g/mol. The summed E-state index contributed by atoms with van der Waals surface area (Å²) < 4.78 is 0. The Morgan fingerprint density at radius 3 is 2.88 bits per heavy atom. The van der Waals surface area contributed by atoms with Gasteiger partial charge in [-0.25, -0.2) is 9.97 Å². The Morgan fingerprint density at radius 1 is 1.42 bits per heavy atom. The number of rotatable bonds is 4. The van der Waals surface area contributed by atoms with Crippen molar-refractivity contribution in [2.75, 3.05) is 25.5 Å². The van der Waals surface area contributed by atoms with E-state index in [0.29, 0.717) is 6.42 Å². The zero-order valence-corrected chi connectivity index (χ0v) is 15.6. The van der Waals surface area contributed by atoms with Gasteiger partial charge in [-0.15, -0.1) is 11.3 Å². The molecule has 0 aliphatic carbocycles. The van der Waals surface area contributed by atoms with E-state index in [2.05, 4.69) is 16.0 Å². The van der Waals surface area contributed by atoms with Gasteiger partial charge in [-0.05, 0) is 44.4 Å². The van der Waals surface area contributed by atoms with Gasteiger partial charge in [-0.2, -0.15) is 0 Å². The van der Waals surface area contributed by atoms with Crippen LogP contribution in [0.1, 0.15) is 40.0 Å². The van der Waals surface area contributed by atoms with Crippen LogP contribution in [0.4, 0.5) is 5.82 Å². The van der Waals surface area contributed by atoms with E-state index in [1.54, 1.807) is 11.3 Å². The molecule has 0 spiro atoms. The lowest BCUT2D eigenvalue weighted by Gasteiger charge is -2.26. The topological polar surface area (TPSA) is 49.3 Å². The highest BCUT2D eigenvalue weighted by molar-refractivity contribution is 7.11. The SMILES string of the molecule is Cc1nc(C)c(CC(=O)N2CCCC2c2ccnc(N(C)C)c2)s1. The maximum absolute atomic E-state index is 12.9. The highest BCUT2D eigenvalue weighted by atomic mass is 32.1. The summed E-state index contributed by atoms with van der Waals surface area (Å²) in [7, 11) is 3.97. The molecule has 1 fully saturated rings. The quantitative estimate of drug-likeness (QED) is 0.855. The smallest absolute Gasteiger partial charge is 0.228 e. The van der Waals surface area contributed by atoms with E-state index < -0.39 is 0 Å². The first-order chi connectivity index (χ1) is 11.5. The maximum atomic E-state index is 12.9. The van der Waals surface area contributed by atoms with Gasteiger partial charge in [0.15, 0.2) is 0 Å². The molecule has 128 valence electrons. The predicted molar refractivity (Wildman–Crippen MR) is 97.5 cm³/mol. The molecule has 6 heteroatoms. The van der Waals surface area contributed by atoms with E-state index in [9.17, 15) is 4.79 Å². The van der Waals surface area contributed by atoms with Gasteiger partial charge in [0.2, 0.25) is 5.91 Å². The summed E-state index contributed by atoms with van der Waals surface area (Å²) in [5.41, 5.74) is 2.16. The minimum Gasteiger partial charge on any atom is -0.363 e. The highest BCUT2D eigenvalue weighted by Gasteiger charge is 2.30. The molecule has 0 radical (unpaired) electrons. The lowest BCUT2D eigenvalue weighted by atomic mass is 10.1. The second-order valence-electron chi connectivity index (χ2n) is 6.51. The fourth-order valence-electron chi connectivity index (χ4n) is 3.27. The third-order valence-electron chi connectivity index (χ3n) is 4.50. The Hall–Kier alpha value is -1.95. The molecule has 1 aliphatic rings. The third-order valence-corrected chi connectivity index (χ3v) is 5.57. The van der Waals surface area contributed by atoms with Crippen LogP contribution in [0, 0.1) is 13.8 Å². The molecule has 2 aromatic heterocycles. The molecular formula is C18H24N4OS. The summed E-state index contributed by atoms with van der Waals surface area (Å²) >= 11 is 1.63. The molecule has 1 aliphatic heterocycles. The Labute approximate surface area is 147 Å². The van der Waals surface area contributed by atoms with Gasteiger partial charge >= 0.3 is 0 Å². The van der Waals surface area contributed by atoms with Crippen molar-refractivity contribution in [1.82, 2.24) is 14.9 Å². The van der Waals surface area contributed by atoms with Gasteiger partial charge in [0, 0.05) is 31.7 Å². The highest BCUT2D eigenvalue weighted by Crippen LogP contribution is 2.33. The minimum absolute atomic E-state index is 0.161. The zero-order chi connectivity index (χ0) is 17.3. The van der Waals surface area contributed by atoms with Gasteiger partial charge in [0.25, 0.3) is 0 Å². The molecule has 3 heterocycles. The normalized spacial score (nSPS) is 17.3. The van der Waals surface area contributed by atoms with E-state index in [-0.39, 0.29) is 11.9 Å². The van der Waals surface area contributed by atoms with E-state index in [0.717, 1.165) is 40.8 Å². The lowest BCUT2D eigenvalue weighted by molar-refractivity contribution is -0.131. The van der Waals surface area contributed by atoms with Gasteiger partial charge in [0.1, 0.15) is 5.82 Å². The van der Waals surface area contributed by atoms with Crippen LogP contribution in [0.15, 0.2) is 18.3 Å². The maximum Gasteiger partial charge on any atom is 0.228 e. The predicted octanol–water partition coefficient (Wildman–Crippen LogP) is 3.13. The van der Waals surface area contributed by atoms with Crippen molar-refractivity contribution in [3.05, 3.63) is 39.5 Å². The number of carbonyl (C=O) groups excluding carboxylic acids is 1. The summed E-state index contributed by atoms with van der Waals surface area (Å²) in [4.78, 5) is 26.8. The van der Waals surface area contributed by atoms with Crippen LogP contribution < -0.4 is 4.90 Å². The van der Waals surface area contributed by atoms with Crippen molar-refractivity contribution in [2.45, 2.75) is 39.2 Å². The van der Waals surface area contributed by atoms with E-state index in [1.807, 2.05) is 50.0 Å². The van der Waals surface area contributed by atoms with Crippen molar-refractivity contribution < 1.29 is 4.79 Å². The molecule has 0 aromatic carbocycles. The minimum atomic E-state index is 0.161. The summed E-state index contributed by atoms with van der Waals surface area (Å²) in [6.45, 7) is 4.81. The summed E-state index contributed by atoms with van der Waals surface area (Å²) in [6, 6.07) is 4.29. The van der Waals surface area contributed by atoms with E-state index >= 15 is 0 Å². The number of pyridine rings is 1. The number of aryl methyl sites for hydroxylation is 2. The molecule has 1 atom stereocenters. The van der Waals surface area contributed by atoms with Gasteiger partial charge in [-0.3, -0.25) is 4.79 Å². The number of amides is 1. The first kappa shape index (κ1) is 16.9. The number of hydrogen-bond acceptors (Lipinski definition) is 5. The Balaban J connectivity index is 1.79. The van der Waals surface area contributed by atoms with Crippen molar-refractivity contribution in [1.29, 1.82) is 0 Å². The molecule has 0 bridgehead atoms. The number of thiazole rings is 1. The van der Waals surface area contributed by atoms with E-state index in [4.69, 9.17) is 0 Å². The lowest BCUT2D eigenvalue weighted by Crippen LogP contribution is -2.32. The average molecular weight is 344 g/mol. The summed E-state index contributed by atoms with van der Waals surface area (Å²) in [5, 5.41) is 1.03. The fraction of sp³-hybridized carbons (Fsp3) is 0.500. The fourth-order valence-corrected chi connectivity index (χ4v) is 4.20. The molecule has 24 heavy (non-hydrogen) atoms. The average Bonchev–Trinajstić information content (AvgIpc) is 3.14. The third kappa shape index (κ3) is 3.43. The Bertz CT molecular complexity index is 740. The molecule has 1 amide bonds. The van der Waals surface area contributed by atoms with Crippen LogP contribution in [0.3, 0.4) is 0 Å². The van der Waals surface area contributed by atoms with Crippen molar-refractivity contribution in [3.8, 4) is 0 Å². The molecule has 0 N–H and O–H groups in total. The molecule has 3 rings (SSSR count). The van der Waals surface area contributed by atoms with Gasteiger partial charge in [0.05, 0.1) is 23.2 Å². The molecule has 1 saturated heterocycles. The molecule has 1 unspecified atom stereocenters. The monoisotopic (exact) mass is 344 g/mol. The number of hydrogen-bond donors (Lipinski definition) is 0. The number of anilines is 1. The van der Waals surface area contributed by atoms with Crippen LogP contribution in [-0.2, 0) is 11.2 Å². The van der Waals surface area contributed by atoms with Crippen molar-refractivity contribution in [3.63, 3.8) is 0 Å². The molecule has 2 aromatic rings. The molecule has 0 saturated carbocycles. The van der Waals surface area contributed by atoms with Crippen LogP contribution in [0.25, 0.3) is 0 Å². The van der Waals surface area contributed by atoms with Gasteiger partial charge < -0.3 is 9.80 Å². The van der Waals surface area contributed by atoms with Gasteiger partial charge in [-0.1, -0.05) is 0 Å². The van der Waals surface area contributed by atoms with Crippen LogP contribution in [0.2, 0.25) is 0 Å². The van der Waals surface area contributed by atoms with Crippen LogP contribution in [0.5, 0.6) is 0 Å². The summed E-state index contributed by atoms with van der Waals surface area (Å²) in [6.07, 6.45) is 4.36. The second kappa shape index (κ2) is 6.89. The van der Waals surface area contributed by atoms with Crippen LogP contribution in [-0.4, -0.2) is 41.4 Å². The number of aromatic nitrogens is 2. The number of carbonyl (C=O) groups is 1. The zero-order valence-electron chi connectivity index (χ0n) is 14.7. The summed E-state index contributed by atoms with van der Waals surface area (Å²) in [5.74, 6) is 1.13. The molecule has 5 nitrogen and oxygen atoms in total. The van der Waals surface area contributed by atoms with Crippen LogP contribution >= 0.6 is 11.3 Å². The Morgan fingerprint density at radius 2 is 2.21 bits per heavy atom. The standard InChI is InChI=1S/C18H24N4OS/c1-12-16(24-13(2)20-12)11-18(23)22-9-5-6-15(22)14-7-8-19-17(10-14)21(3)4/h7-8,10,15H,5-6,9,11H2,1-4H3. The van der Waals surface area contributed by atoms with E-state index in [1.165, 1.54) is 5.56 Å². The largest absolute Gasteiger partial charge is 0.363 e. The number of likely N-dealkylation sites (tertiary alicyclic amines) is 1. The second-order valence-corrected chi connectivity index (χ2v) is 7.79. The van der Waals surface area contributed by atoms with Crippen molar-refractivity contribution >= 4 is 23.1 Å². The first-order valence-corrected chi connectivity index (χ1v) is 9.13. The number of nitrogens with zero attached hydrogens (tertiary/aromatic N) is 4. The Kier molecular flexibility index (Phi) is 4.85.